The Morgan fingerprint density at radius 1 is 1.12 bits per heavy atom. The summed E-state index contributed by atoms with van der Waals surface area (Å²) in [6.07, 6.45) is 0.767. The molecule has 1 aromatic heterocycles. The number of methoxy groups -OCH3 is 3. The number of hydrogen-bond acceptors (Lipinski definition) is 5. The van der Waals surface area contributed by atoms with Gasteiger partial charge in [-0.2, -0.15) is 0 Å². The number of pyridine rings is 1. The zero-order chi connectivity index (χ0) is 23.5. The summed E-state index contributed by atoms with van der Waals surface area (Å²) in [6, 6.07) is 11.6. The molecule has 7 nitrogen and oxygen atoms in total. The van der Waals surface area contributed by atoms with Crippen LogP contribution in [0.3, 0.4) is 0 Å². The van der Waals surface area contributed by atoms with Crippen molar-refractivity contribution in [1.82, 2.24) is 15.2 Å². The van der Waals surface area contributed by atoms with Crippen LogP contribution in [0.5, 0.6) is 11.5 Å². The summed E-state index contributed by atoms with van der Waals surface area (Å²) in [5.41, 5.74) is 4.53. The van der Waals surface area contributed by atoms with Crippen molar-refractivity contribution in [2.75, 3.05) is 41.0 Å². The summed E-state index contributed by atoms with van der Waals surface area (Å²) in [6.45, 7) is 3.83. The molecule has 0 amide bonds. The van der Waals surface area contributed by atoms with E-state index in [0.29, 0.717) is 41.9 Å². The number of nitrogens with zero attached hydrogens (tertiary/aromatic N) is 1. The van der Waals surface area contributed by atoms with Crippen LogP contribution in [-0.4, -0.2) is 56.0 Å². The molecule has 0 aliphatic carbocycles. The Bertz CT molecular complexity index is 1240. The lowest BCUT2D eigenvalue weighted by molar-refractivity contribution is 0.202. The van der Waals surface area contributed by atoms with Crippen LogP contribution < -0.4 is 20.3 Å². The number of nitrogens with one attached hydrogen (secondary N) is 2. The van der Waals surface area contributed by atoms with Crippen LogP contribution in [0.2, 0.25) is 0 Å². The third-order valence-corrected chi connectivity index (χ3v) is 6.42. The van der Waals surface area contributed by atoms with Crippen LogP contribution in [0.4, 0.5) is 0 Å². The van der Waals surface area contributed by atoms with Crippen LogP contribution >= 0.6 is 12.2 Å². The summed E-state index contributed by atoms with van der Waals surface area (Å²) in [5, 5.41) is 4.83. The van der Waals surface area contributed by atoms with Crippen LogP contribution in [0.25, 0.3) is 10.9 Å². The van der Waals surface area contributed by atoms with Crippen molar-refractivity contribution >= 4 is 28.2 Å². The fourth-order valence-electron chi connectivity index (χ4n) is 4.41. The second-order valence-corrected chi connectivity index (χ2v) is 8.51. The van der Waals surface area contributed by atoms with Gasteiger partial charge in [0.05, 0.1) is 26.9 Å². The van der Waals surface area contributed by atoms with Gasteiger partial charge in [0.15, 0.2) is 16.6 Å². The van der Waals surface area contributed by atoms with Gasteiger partial charge in [0.1, 0.15) is 0 Å². The number of H-pyrrole nitrogens is 1. The fraction of sp³-hybridized carbons (Fsp3) is 0.360. The predicted molar refractivity (Wildman–Crippen MR) is 134 cm³/mol. The van der Waals surface area contributed by atoms with Gasteiger partial charge in [-0.05, 0) is 72.4 Å². The maximum atomic E-state index is 13.3. The first-order valence-corrected chi connectivity index (χ1v) is 11.3. The van der Waals surface area contributed by atoms with Crippen molar-refractivity contribution in [3.63, 3.8) is 0 Å². The second kappa shape index (κ2) is 9.80. The summed E-state index contributed by atoms with van der Waals surface area (Å²) < 4.78 is 16.3. The standard InChI is InChI=1S/C25H29N3O4S/c1-15-5-6-20-17(11-15)12-19(24(29)27-20)23-18-14-22(32-4)21(31-3)13-16(18)7-9-28(23)25(33)26-8-10-30-2/h5-6,11-14,23H,7-10H2,1-4H3,(H,26,33)(H,27,29)/t23-/m1/s1. The van der Waals surface area contributed by atoms with Gasteiger partial charge in [-0.15, -0.1) is 0 Å². The molecule has 1 atom stereocenters. The summed E-state index contributed by atoms with van der Waals surface area (Å²) in [7, 11) is 4.89. The van der Waals surface area contributed by atoms with E-state index in [-0.39, 0.29) is 11.6 Å². The van der Waals surface area contributed by atoms with E-state index < -0.39 is 0 Å². The first kappa shape index (κ1) is 23.1. The van der Waals surface area contributed by atoms with Crippen LogP contribution in [0.1, 0.15) is 28.3 Å². The number of benzene rings is 2. The van der Waals surface area contributed by atoms with Crippen molar-refractivity contribution in [2.24, 2.45) is 0 Å². The minimum atomic E-state index is -0.371. The molecule has 3 aromatic rings. The van der Waals surface area contributed by atoms with Gasteiger partial charge >= 0.3 is 0 Å². The third-order valence-electron chi connectivity index (χ3n) is 6.04. The second-order valence-electron chi connectivity index (χ2n) is 8.12. The van der Waals surface area contributed by atoms with E-state index in [9.17, 15) is 4.79 Å². The maximum absolute atomic E-state index is 13.3. The van der Waals surface area contributed by atoms with Gasteiger partial charge in [0.2, 0.25) is 0 Å². The highest BCUT2D eigenvalue weighted by Gasteiger charge is 2.33. The van der Waals surface area contributed by atoms with Crippen molar-refractivity contribution in [2.45, 2.75) is 19.4 Å². The molecule has 0 radical (unpaired) electrons. The lowest BCUT2D eigenvalue weighted by Crippen LogP contribution is -2.47. The normalized spacial score (nSPS) is 15.3. The predicted octanol–water partition coefficient (Wildman–Crippen LogP) is 3.32. The van der Waals surface area contributed by atoms with E-state index in [1.54, 1.807) is 21.3 Å². The lowest BCUT2D eigenvalue weighted by Gasteiger charge is -2.39. The number of rotatable bonds is 6. The number of aromatic amines is 1. The molecule has 1 aliphatic rings. The van der Waals surface area contributed by atoms with E-state index in [0.717, 1.165) is 34.0 Å². The zero-order valence-corrected chi connectivity index (χ0v) is 20.2. The molecule has 0 spiro atoms. The van der Waals surface area contributed by atoms with Crippen molar-refractivity contribution in [3.05, 3.63) is 69.0 Å². The average molecular weight is 468 g/mol. The van der Waals surface area contributed by atoms with Gasteiger partial charge < -0.3 is 29.4 Å². The van der Waals surface area contributed by atoms with Crippen molar-refractivity contribution in [1.29, 1.82) is 0 Å². The van der Waals surface area contributed by atoms with Crippen molar-refractivity contribution in [3.8, 4) is 11.5 Å². The highest BCUT2D eigenvalue weighted by atomic mass is 32.1. The molecular weight excluding hydrogens is 438 g/mol. The van der Waals surface area contributed by atoms with E-state index in [1.807, 2.05) is 37.3 Å². The smallest absolute Gasteiger partial charge is 0.254 e. The Morgan fingerprint density at radius 3 is 2.61 bits per heavy atom. The fourth-order valence-corrected chi connectivity index (χ4v) is 4.71. The highest BCUT2D eigenvalue weighted by molar-refractivity contribution is 7.80. The number of ether oxygens (including phenoxy) is 3. The first-order chi connectivity index (χ1) is 16.0. The highest BCUT2D eigenvalue weighted by Crippen LogP contribution is 2.40. The summed E-state index contributed by atoms with van der Waals surface area (Å²) in [5.74, 6) is 1.29. The molecule has 33 heavy (non-hydrogen) atoms. The van der Waals surface area contributed by atoms with Crippen molar-refractivity contribution < 1.29 is 14.2 Å². The molecule has 0 bridgehead atoms. The van der Waals surface area contributed by atoms with Crippen LogP contribution in [-0.2, 0) is 11.2 Å². The van der Waals surface area contributed by atoms with Crippen LogP contribution in [0, 0.1) is 6.92 Å². The Morgan fingerprint density at radius 2 is 1.88 bits per heavy atom. The molecule has 0 fully saturated rings. The molecule has 2 heterocycles. The lowest BCUT2D eigenvalue weighted by atomic mass is 9.88. The molecule has 0 saturated carbocycles. The molecule has 1 aliphatic heterocycles. The number of thiocarbonyl (C=S) groups is 1. The van der Waals surface area contributed by atoms with E-state index >= 15 is 0 Å². The number of hydrogen-bond donors (Lipinski definition) is 2. The van der Waals surface area contributed by atoms with Crippen LogP contribution in [0.15, 0.2) is 41.2 Å². The van der Waals surface area contributed by atoms with Gasteiger partial charge in [-0.25, -0.2) is 0 Å². The average Bonchev–Trinajstić information content (AvgIpc) is 2.82. The molecule has 0 saturated heterocycles. The molecule has 174 valence electrons. The summed E-state index contributed by atoms with van der Waals surface area (Å²) >= 11 is 5.75. The Hall–Kier alpha value is -3.10. The van der Waals surface area contributed by atoms with E-state index in [4.69, 9.17) is 26.4 Å². The molecule has 2 aromatic carbocycles. The molecule has 8 heteroatoms. The number of aryl methyl sites for hydroxylation is 1. The minimum absolute atomic E-state index is 0.135. The molecular formula is C25H29N3O4S. The monoisotopic (exact) mass is 467 g/mol. The van der Waals surface area contributed by atoms with E-state index in [2.05, 4.69) is 21.3 Å². The first-order valence-electron chi connectivity index (χ1n) is 10.9. The van der Waals surface area contributed by atoms with Gasteiger partial charge in [0, 0.05) is 31.3 Å². The Kier molecular flexibility index (Phi) is 6.85. The number of aromatic nitrogens is 1. The SMILES string of the molecule is COCCNC(=S)N1CCc2cc(OC)c(OC)cc2[C@@H]1c1cc2cc(C)ccc2[nH]c1=O. The molecule has 4 rings (SSSR count). The number of fused-ring (bicyclic) bond motifs is 2. The molecule has 0 unspecified atom stereocenters. The quantitative estimate of drug-likeness (QED) is 0.425. The molecule has 2 N–H and O–H groups in total. The van der Waals surface area contributed by atoms with Gasteiger partial charge in [-0.1, -0.05) is 11.6 Å². The van der Waals surface area contributed by atoms with Gasteiger partial charge in [-0.3, -0.25) is 4.79 Å². The Balaban J connectivity index is 1.88. The van der Waals surface area contributed by atoms with E-state index in [1.165, 1.54) is 0 Å². The van der Waals surface area contributed by atoms with Gasteiger partial charge in [0.25, 0.3) is 5.56 Å². The third kappa shape index (κ3) is 4.54. The zero-order valence-electron chi connectivity index (χ0n) is 19.4. The maximum Gasteiger partial charge on any atom is 0.254 e. The summed E-state index contributed by atoms with van der Waals surface area (Å²) in [4.78, 5) is 18.4. The Labute approximate surface area is 198 Å². The minimum Gasteiger partial charge on any atom is -0.493 e. The largest absolute Gasteiger partial charge is 0.493 e. The topological polar surface area (TPSA) is 75.8 Å².